The average Bonchev–Trinajstić information content (AvgIpc) is 3.28. The number of nitrogens with zero attached hydrogens (tertiary/aromatic N) is 2. The molecule has 4 rings (SSSR count). The van der Waals surface area contributed by atoms with Crippen LogP contribution in [0.15, 0.2) is 42.5 Å². The molecule has 0 radical (unpaired) electrons. The van der Waals surface area contributed by atoms with Crippen LogP contribution in [0.4, 0.5) is 10.1 Å². The molecule has 2 aromatic rings. The molecule has 2 heterocycles. The van der Waals surface area contributed by atoms with Gasteiger partial charge in [-0.2, -0.15) is 0 Å². The molecule has 32 heavy (non-hydrogen) atoms. The van der Waals surface area contributed by atoms with Crippen molar-refractivity contribution < 1.29 is 28.2 Å². The second-order valence-electron chi connectivity index (χ2n) is 7.56. The zero-order valence-corrected chi connectivity index (χ0v) is 17.9. The van der Waals surface area contributed by atoms with Crippen molar-refractivity contribution in [1.82, 2.24) is 10.2 Å². The van der Waals surface area contributed by atoms with E-state index < -0.39 is 11.9 Å². The summed E-state index contributed by atoms with van der Waals surface area (Å²) in [7, 11) is 0. The minimum Gasteiger partial charge on any atom is -0.459 e. The molecule has 0 saturated carbocycles. The van der Waals surface area contributed by atoms with Gasteiger partial charge in [0, 0.05) is 38.4 Å². The lowest BCUT2D eigenvalue weighted by Gasteiger charge is -2.40. The fraction of sp³-hybridized carbons (Fsp3) is 0.391. The number of piperazine rings is 1. The largest absolute Gasteiger partial charge is 0.459 e. The van der Waals surface area contributed by atoms with Crippen molar-refractivity contribution in [3.05, 3.63) is 53.8 Å². The Labute approximate surface area is 185 Å². The summed E-state index contributed by atoms with van der Waals surface area (Å²) in [5.41, 5.74) is 1.93. The summed E-state index contributed by atoms with van der Waals surface area (Å²) in [5.74, 6) is -0.563. The molecule has 0 unspecified atom stereocenters. The third-order valence-electron chi connectivity index (χ3n) is 5.65. The number of benzene rings is 2. The number of carbonyl (C=O) groups excluding carboxylic acids is 2. The third-order valence-corrected chi connectivity index (χ3v) is 5.65. The summed E-state index contributed by atoms with van der Waals surface area (Å²) in [6.07, 6.45) is 0. The van der Waals surface area contributed by atoms with Gasteiger partial charge < -0.3 is 24.4 Å². The number of hydrogen-bond donors (Lipinski definition) is 1. The molecular formula is C23H26FN3O5. The molecule has 1 saturated heterocycles. The molecule has 0 spiro atoms. The van der Waals surface area contributed by atoms with Gasteiger partial charge >= 0.3 is 11.9 Å². The molecule has 0 bridgehead atoms. The zero-order chi connectivity index (χ0) is 22.5. The van der Waals surface area contributed by atoms with Crippen LogP contribution >= 0.6 is 0 Å². The first kappa shape index (κ1) is 21.9. The Balaban J connectivity index is 1.47. The second-order valence-corrected chi connectivity index (χ2v) is 7.56. The molecule has 1 atom stereocenters. The number of fused-ring (bicyclic) bond motifs is 1. The van der Waals surface area contributed by atoms with Crippen LogP contribution in [0.2, 0.25) is 0 Å². The van der Waals surface area contributed by atoms with Crippen LogP contribution in [0, 0.1) is 5.82 Å². The van der Waals surface area contributed by atoms with E-state index in [1.54, 1.807) is 19.1 Å². The van der Waals surface area contributed by atoms with Gasteiger partial charge in [0.15, 0.2) is 11.5 Å². The summed E-state index contributed by atoms with van der Waals surface area (Å²) < 4.78 is 29.0. The average molecular weight is 443 g/mol. The van der Waals surface area contributed by atoms with E-state index in [2.05, 4.69) is 15.1 Å². The summed E-state index contributed by atoms with van der Waals surface area (Å²) in [6.45, 7) is 5.17. The highest BCUT2D eigenvalue weighted by Gasteiger charge is 2.28. The smallest absolute Gasteiger partial charge is 0.396 e. The van der Waals surface area contributed by atoms with Crippen LogP contribution in [0.3, 0.4) is 0 Å². The maximum atomic E-state index is 13.2. The van der Waals surface area contributed by atoms with E-state index in [1.807, 2.05) is 18.2 Å². The normalized spacial score (nSPS) is 16.5. The van der Waals surface area contributed by atoms with Crippen molar-refractivity contribution >= 4 is 17.6 Å². The first-order valence-corrected chi connectivity index (χ1v) is 10.6. The summed E-state index contributed by atoms with van der Waals surface area (Å²) in [5, 5.41) is 2.70. The van der Waals surface area contributed by atoms with Crippen LogP contribution < -0.4 is 19.7 Å². The fourth-order valence-electron chi connectivity index (χ4n) is 3.98. The Kier molecular flexibility index (Phi) is 6.75. The Bertz CT molecular complexity index is 961. The van der Waals surface area contributed by atoms with Crippen molar-refractivity contribution in [3.8, 4) is 11.5 Å². The summed E-state index contributed by atoms with van der Waals surface area (Å²) >= 11 is 0. The first-order valence-electron chi connectivity index (χ1n) is 10.6. The number of halogens is 1. The van der Waals surface area contributed by atoms with Gasteiger partial charge in [-0.25, -0.2) is 9.18 Å². The molecule has 1 N–H and O–H groups in total. The van der Waals surface area contributed by atoms with Gasteiger partial charge in [-0.1, -0.05) is 6.07 Å². The van der Waals surface area contributed by atoms with Gasteiger partial charge in [-0.05, 0) is 48.9 Å². The molecule has 1 fully saturated rings. The van der Waals surface area contributed by atoms with E-state index in [0.29, 0.717) is 11.5 Å². The number of rotatable bonds is 6. The Hall–Kier alpha value is -3.33. The highest BCUT2D eigenvalue weighted by Crippen LogP contribution is 2.35. The number of ether oxygens (including phenoxy) is 3. The van der Waals surface area contributed by atoms with Crippen molar-refractivity contribution in [1.29, 1.82) is 0 Å². The molecular weight excluding hydrogens is 417 g/mol. The molecule has 0 aromatic heterocycles. The number of nitrogens with one attached hydrogen (secondary N) is 1. The van der Waals surface area contributed by atoms with Gasteiger partial charge in [-0.15, -0.1) is 0 Å². The van der Waals surface area contributed by atoms with E-state index in [-0.39, 0.29) is 31.8 Å². The van der Waals surface area contributed by atoms with E-state index >= 15 is 0 Å². The molecule has 170 valence electrons. The maximum Gasteiger partial charge on any atom is 0.396 e. The zero-order valence-electron chi connectivity index (χ0n) is 17.9. The van der Waals surface area contributed by atoms with Crippen molar-refractivity contribution in [2.75, 3.05) is 51.0 Å². The number of amides is 1. The van der Waals surface area contributed by atoms with E-state index in [0.717, 1.165) is 37.4 Å². The first-order chi connectivity index (χ1) is 15.5. The van der Waals surface area contributed by atoms with E-state index in [9.17, 15) is 14.0 Å². The minimum absolute atomic E-state index is 0.142. The number of carbonyl (C=O) groups is 2. The standard InChI is InChI=1S/C23H26FN3O5/c1-2-30-23(29)22(28)25-14-19(16-3-8-20-21(13-16)32-15-31-20)27-11-9-26(10-12-27)18-6-4-17(24)5-7-18/h3-8,13,19H,2,9-12,14-15H2,1H3,(H,25,28)/t19-/m0/s1. The Morgan fingerprint density at radius 3 is 2.50 bits per heavy atom. The molecule has 2 aliphatic rings. The van der Waals surface area contributed by atoms with Crippen molar-refractivity contribution in [2.45, 2.75) is 13.0 Å². The lowest BCUT2D eigenvalue weighted by atomic mass is 10.0. The number of esters is 1. The number of anilines is 1. The van der Waals surface area contributed by atoms with Crippen molar-refractivity contribution in [2.24, 2.45) is 0 Å². The number of hydrogen-bond acceptors (Lipinski definition) is 7. The lowest BCUT2D eigenvalue weighted by Crippen LogP contribution is -2.50. The SMILES string of the molecule is CCOC(=O)C(=O)NC[C@@H](c1ccc2c(c1)OCO2)N1CCN(c2ccc(F)cc2)CC1. The highest BCUT2D eigenvalue weighted by molar-refractivity contribution is 6.32. The maximum absolute atomic E-state index is 13.2. The van der Waals surface area contributed by atoms with Gasteiger partial charge in [-0.3, -0.25) is 9.69 Å². The Morgan fingerprint density at radius 2 is 1.78 bits per heavy atom. The van der Waals surface area contributed by atoms with Gasteiger partial charge in [0.2, 0.25) is 6.79 Å². The van der Waals surface area contributed by atoms with Crippen molar-refractivity contribution in [3.63, 3.8) is 0 Å². The van der Waals surface area contributed by atoms with Crippen LogP contribution in [-0.2, 0) is 14.3 Å². The van der Waals surface area contributed by atoms with Crippen LogP contribution in [-0.4, -0.2) is 62.9 Å². The topological polar surface area (TPSA) is 80.3 Å². The van der Waals surface area contributed by atoms with Crippen LogP contribution in [0.25, 0.3) is 0 Å². The molecule has 1 amide bonds. The quantitative estimate of drug-likeness (QED) is 0.541. The van der Waals surface area contributed by atoms with Gasteiger partial charge in [0.25, 0.3) is 0 Å². The van der Waals surface area contributed by atoms with Crippen LogP contribution in [0.5, 0.6) is 11.5 Å². The second kappa shape index (κ2) is 9.86. The fourth-order valence-corrected chi connectivity index (χ4v) is 3.98. The van der Waals surface area contributed by atoms with Crippen LogP contribution in [0.1, 0.15) is 18.5 Å². The van der Waals surface area contributed by atoms with E-state index in [4.69, 9.17) is 14.2 Å². The van der Waals surface area contributed by atoms with E-state index in [1.165, 1.54) is 12.1 Å². The monoisotopic (exact) mass is 443 g/mol. The molecule has 2 aliphatic heterocycles. The minimum atomic E-state index is -0.891. The predicted octanol–water partition coefficient (Wildman–Crippen LogP) is 2.10. The van der Waals surface area contributed by atoms with Gasteiger partial charge in [0.1, 0.15) is 5.82 Å². The molecule has 9 heteroatoms. The summed E-state index contributed by atoms with van der Waals surface area (Å²) in [4.78, 5) is 28.3. The lowest BCUT2D eigenvalue weighted by molar-refractivity contribution is -0.154. The highest BCUT2D eigenvalue weighted by atomic mass is 19.1. The molecule has 8 nitrogen and oxygen atoms in total. The molecule has 2 aromatic carbocycles. The molecule has 0 aliphatic carbocycles. The predicted molar refractivity (Wildman–Crippen MR) is 115 cm³/mol. The third kappa shape index (κ3) is 4.94. The van der Waals surface area contributed by atoms with Gasteiger partial charge in [0.05, 0.1) is 12.6 Å². The summed E-state index contributed by atoms with van der Waals surface area (Å²) in [6, 6.07) is 12.0. The Morgan fingerprint density at radius 1 is 1.06 bits per heavy atom.